The lowest BCUT2D eigenvalue weighted by atomic mass is 10.0. The van der Waals surface area contributed by atoms with E-state index in [1.807, 2.05) is 0 Å². The van der Waals surface area contributed by atoms with Gasteiger partial charge in [0.1, 0.15) is 11.2 Å². The maximum absolute atomic E-state index is 12.1. The molecule has 5 nitrogen and oxygen atoms in total. The second-order valence-electron chi connectivity index (χ2n) is 5.30. The molecular weight excluding hydrogens is 371 g/mol. The largest absolute Gasteiger partial charge is 0.323 e. The number of anilines is 2. The molecule has 0 fully saturated rings. The van der Waals surface area contributed by atoms with Gasteiger partial charge in [-0.1, -0.05) is 41.4 Å². The molecule has 2 amide bonds. The van der Waals surface area contributed by atoms with Gasteiger partial charge < -0.3 is 10.6 Å². The molecule has 128 valence electrons. The molecule has 0 spiro atoms. The first-order valence-corrected chi connectivity index (χ1v) is 8.31. The normalized spacial score (nSPS) is 10.0. The predicted molar refractivity (Wildman–Crippen MR) is 103 cm³/mol. The van der Waals surface area contributed by atoms with Crippen LogP contribution in [0.2, 0.25) is 10.2 Å². The average molecular weight is 383 g/mol. The fourth-order valence-electron chi connectivity index (χ4n) is 2.38. The molecule has 1 heterocycles. The molecule has 26 heavy (non-hydrogen) atoms. The zero-order valence-electron chi connectivity index (χ0n) is 13.3. The highest BCUT2D eigenvalue weighted by Gasteiger charge is 2.10. The van der Waals surface area contributed by atoms with Gasteiger partial charge in [0, 0.05) is 28.2 Å². The highest BCUT2D eigenvalue weighted by Crippen LogP contribution is 2.28. The van der Waals surface area contributed by atoms with Gasteiger partial charge in [0.25, 0.3) is 0 Å². The number of hydrogen-bond acceptors (Lipinski definition) is 3. The molecule has 0 aliphatic heterocycles. The maximum Gasteiger partial charge on any atom is 0.323 e. The Hall–Kier alpha value is -3.07. The van der Waals surface area contributed by atoms with Crippen LogP contribution >= 0.6 is 23.2 Å². The molecular formula is C19H12Cl2N4O. The second kappa shape index (κ2) is 7.87. The molecule has 0 unspecified atom stereocenters. The molecule has 3 rings (SSSR count). The first kappa shape index (κ1) is 17.7. The number of halogens is 2. The summed E-state index contributed by atoms with van der Waals surface area (Å²) in [6, 6.07) is 17.3. The average Bonchev–Trinajstić information content (AvgIpc) is 2.62. The quantitative estimate of drug-likeness (QED) is 0.581. The van der Waals surface area contributed by atoms with Crippen molar-refractivity contribution in [3.05, 3.63) is 76.5 Å². The SMILES string of the molecule is N#Cc1c(-c2ccc(NC(=O)Nc3cccc(Cl)c3)cc2)ccnc1Cl. The van der Waals surface area contributed by atoms with E-state index in [-0.39, 0.29) is 11.2 Å². The summed E-state index contributed by atoms with van der Waals surface area (Å²) in [5.41, 5.74) is 2.99. The molecule has 0 aliphatic carbocycles. The summed E-state index contributed by atoms with van der Waals surface area (Å²) in [5, 5.41) is 15.4. The Morgan fingerprint density at radius 1 is 1.00 bits per heavy atom. The van der Waals surface area contributed by atoms with Crippen LogP contribution in [0.15, 0.2) is 60.8 Å². The molecule has 0 saturated heterocycles. The first-order valence-electron chi connectivity index (χ1n) is 7.55. The van der Waals surface area contributed by atoms with E-state index in [1.54, 1.807) is 60.8 Å². The minimum Gasteiger partial charge on any atom is -0.308 e. The van der Waals surface area contributed by atoms with E-state index in [1.165, 1.54) is 0 Å². The Morgan fingerprint density at radius 3 is 2.42 bits per heavy atom. The first-order chi connectivity index (χ1) is 12.6. The number of carbonyl (C=O) groups excluding carboxylic acids is 1. The standard InChI is InChI=1S/C19H12Cl2N4O/c20-13-2-1-3-15(10-13)25-19(26)24-14-6-4-12(5-7-14)16-8-9-23-18(21)17(16)11-22/h1-10H,(H2,24,25,26). The topological polar surface area (TPSA) is 77.8 Å². The van der Waals surface area contributed by atoms with Crippen LogP contribution in [-0.2, 0) is 0 Å². The number of pyridine rings is 1. The molecule has 0 saturated carbocycles. The summed E-state index contributed by atoms with van der Waals surface area (Å²) < 4.78 is 0. The van der Waals surface area contributed by atoms with Gasteiger partial charge in [-0.05, 0) is 42.0 Å². The molecule has 7 heteroatoms. The number of benzene rings is 2. The van der Waals surface area contributed by atoms with Crippen LogP contribution in [0.1, 0.15) is 5.56 Å². The monoisotopic (exact) mass is 382 g/mol. The molecule has 1 aromatic heterocycles. The van der Waals surface area contributed by atoms with Crippen LogP contribution in [0.25, 0.3) is 11.1 Å². The third-order valence-corrected chi connectivity index (χ3v) is 4.07. The van der Waals surface area contributed by atoms with Crippen molar-refractivity contribution < 1.29 is 4.79 Å². The van der Waals surface area contributed by atoms with Crippen molar-refractivity contribution in [1.82, 2.24) is 4.98 Å². The molecule has 2 N–H and O–H groups in total. The van der Waals surface area contributed by atoms with E-state index in [0.29, 0.717) is 27.5 Å². The van der Waals surface area contributed by atoms with E-state index < -0.39 is 0 Å². The van der Waals surface area contributed by atoms with Gasteiger partial charge >= 0.3 is 6.03 Å². The fraction of sp³-hybridized carbons (Fsp3) is 0. The number of rotatable bonds is 3. The molecule has 0 atom stereocenters. The number of nitriles is 1. The van der Waals surface area contributed by atoms with Gasteiger partial charge in [-0.25, -0.2) is 9.78 Å². The summed E-state index contributed by atoms with van der Waals surface area (Å²) in [4.78, 5) is 16.0. The van der Waals surface area contributed by atoms with Crippen LogP contribution < -0.4 is 10.6 Å². The number of amides is 2. The number of nitrogens with zero attached hydrogens (tertiary/aromatic N) is 2. The van der Waals surface area contributed by atoms with Crippen molar-refractivity contribution in [2.45, 2.75) is 0 Å². The van der Waals surface area contributed by atoms with Crippen LogP contribution in [0, 0.1) is 11.3 Å². The zero-order valence-corrected chi connectivity index (χ0v) is 14.8. The summed E-state index contributed by atoms with van der Waals surface area (Å²) in [5.74, 6) is 0. The van der Waals surface area contributed by atoms with Crippen LogP contribution in [0.3, 0.4) is 0 Å². The smallest absolute Gasteiger partial charge is 0.308 e. The highest BCUT2D eigenvalue weighted by atomic mass is 35.5. The number of hydrogen-bond donors (Lipinski definition) is 2. The van der Waals surface area contributed by atoms with Crippen LogP contribution in [0.5, 0.6) is 0 Å². The number of aromatic nitrogens is 1. The lowest BCUT2D eigenvalue weighted by Crippen LogP contribution is -2.19. The zero-order chi connectivity index (χ0) is 18.5. The van der Waals surface area contributed by atoms with Crippen molar-refractivity contribution in [3.8, 4) is 17.2 Å². The Balaban J connectivity index is 1.73. The Morgan fingerprint density at radius 2 is 1.73 bits per heavy atom. The van der Waals surface area contributed by atoms with Gasteiger partial charge in [-0.15, -0.1) is 0 Å². The molecule has 0 radical (unpaired) electrons. The van der Waals surface area contributed by atoms with Gasteiger partial charge in [0.05, 0.1) is 5.56 Å². The van der Waals surface area contributed by atoms with Crippen molar-refractivity contribution in [1.29, 1.82) is 5.26 Å². The molecule has 0 bridgehead atoms. The lowest BCUT2D eigenvalue weighted by molar-refractivity contribution is 0.262. The summed E-state index contributed by atoms with van der Waals surface area (Å²) >= 11 is 11.9. The minimum atomic E-state index is -0.385. The molecule has 3 aromatic rings. The van der Waals surface area contributed by atoms with Crippen molar-refractivity contribution in [3.63, 3.8) is 0 Å². The van der Waals surface area contributed by atoms with E-state index in [4.69, 9.17) is 23.2 Å². The van der Waals surface area contributed by atoms with Crippen LogP contribution in [0.4, 0.5) is 16.2 Å². The van der Waals surface area contributed by atoms with Crippen LogP contribution in [-0.4, -0.2) is 11.0 Å². The number of urea groups is 1. The van der Waals surface area contributed by atoms with Gasteiger partial charge in [-0.2, -0.15) is 5.26 Å². The summed E-state index contributed by atoms with van der Waals surface area (Å²) in [6.07, 6.45) is 1.54. The van der Waals surface area contributed by atoms with E-state index >= 15 is 0 Å². The van der Waals surface area contributed by atoms with E-state index in [0.717, 1.165) is 5.56 Å². The van der Waals surface area contributed by atoms with E-state index in [9.17, 15) is 10.1 Å². The van der Waals surface area contributed by atoms with Crippen molar-refractivity contribution in [2.24, 2.45) is 0 Å². The number of nitrogens with one attached hydrogen (secondary N) is 2. The summed E-state index contributed by atoms with van der Waals surface area (Å²) in [6.45, 7) is 0. The predicted octanol–water partition coefficient (Wildman–Crippen LogP) is 5.57. The third-order valence-electron chi connectivity index (χ3n) is 3.55. The summed E-state index contributed by atoms with van der Waals surface area (Å²) in [7, 11) is 0. The van der Waals surface area contributed by atoms with Gasteiger partial charge in [-0.3, -0.25) is 0 Å². The fourth-order valence-corrected chi connectivity index (χ4v) is 2.77. The maximum atomic E-state index is 12.1. The Kier molecular flexibility index (Phi) is 5.37. The van der Waals surface area contributed by atoms with Gasteiger partial charge in [0.2, 0.25) is 0 Å². The third kappa shape index (κ3) is 4.12. The Bertz CT molecular complexity index is 997. The minimum absolute atomic E-state index is 0.160. The van der Waals surface area contributed by atoms with Crippen molar-refractivity contribution >= 4 is 40.6 Å². The molecule has 0 aliphatic rings. The lowest BCUT2D eigenvalue weighted by Gasteiger charge is -2.09. The van der Waals surface area contributed by atoms with Gasteiger partial charge in [0.15, 0.2) is 0 Å². The van der Waals surface area contributed by atoms with Crippen molar-refractivity contribution in [2.75, 3.05) is 10.6 Å². The molecule has 2 aromatic carbocycles. The van der Waals surface area contributed by atoms with E-state index in [2.05, 4.69) is 21.7 Å². The second-order valence-corrected chi connectivity index (χ2v) is 6.10. The highest BCUT2D eigenvalue weighted by molar-refractivity contribution is 6.31. The number of carbonyl (C=O) groups is 1. The Labute approximate surface area is 160 Å².